The van der Waals surface area contributed by atoms with Crippen molar-refractivity contribution in [2.24, 2.45) is 11.3 Å². The van der Waals surface area contributed by atoms with Crippen LogP contribution in [0.15, 0.2) is 42.4 Å². The quantitative estimate of drug-likeness (QED) is 0.737. The van der Waals surface area contributed by atoms with Gasteiger partial charge in [0, 0.05) is 18.4 Å². The predicted molar refractivity (Wildman–Crippen MR) is 97.3 cm³/mol. The Morgan fingerprint density at radius 3 is 2.78 bits per heavy atom. The van der Waals surface area contributed by atoms with E-state index in [1.165, 1.54) is 7.11 Å². The summed E-state index contributed by atoms with van der Waals surface area (Å²) in [4.78, 5) is 12.7. The second-order valence-electron chi connectivity index (χ2n) is 7.24. The third kappa shape index (κ3) is 2.54. The van der Waals surface area contributed by atoms with E-state index in [0.717, 1.165) is 11.3 Å². The summed E-state index contributed by atoms with van der Waals surface area (Å²) in [5.74, 6) is 2.22. The molecule has 6 heteroatoms. The van der Waals surface area contributed by atoms with Gasteiger partial charge >= 0.3 is 0 Å². The normalized spacial score (nSPS) is 31.5. The van der Waals surface area contributed by atoms with Crippen LogP contribution >= 0.6 is 0 Å². The standard InChI is InChI=1S/C21H24O6/c1-5-8-21-10-16(23-3)17(22)19(24-4)20(21)27-18(12(21)2)13-6-7-14-15(9-13)26-11-25-14/h5-7,9,12,16,18H,1,8,10-11H2,2-4H3/t12-,16-,18-,21-/m1/s1. The lowest BCUT2D eigenvalue weighted by Crippen LogP contribution is -2.42. The van der Waals surface area contributed by atoms with E-state index in [-0.39, 0.29) is 30.4 Å². The molecule has 6 nitrogen and oxygen atoms in total. The maximum atomic E-state index is 12.7. The van der Waals surface area contributed by atoms with Gasteiger partial charge in [0.15, 0.2) is 11.5 Å². The summed E-state index contributed by atoms with van der Waals surface area (Å²) in [6.07, 6.45) is 2.30. The molecule has 0 radical (unpaired) electrons. The highest BCUT2D eigenvalue weighted by Crippen LogP contribution is 2.60. The first-order valence-corrected chi connectivity index (χ1v) is 9.08. The molecule has 1 fully saturated rings. The molecule has 1 aromatic carbocycles. The number of fused-ring (bicyclic) bond motifs is 2. The molecule has 0 bridgehead atoms. The molecule has 1 aliphatic carbocycles. The number of carbonyl (C=O) groups excluding carboxylic acids is 1. The van der Waals surface area contributed by atoms with E-state index in [1.54, 1.807) is 7.11 Å². The molecular formula is C21H24O6. The minimum Gasteiger partial charge on any atom is -0.490 e. The second kappa shape index (κ2) is 6.60. The van der Waals surface area contributed by atoms with Crippen LogP contribution in [0, 0.1) is 11.3 Å². The van der Waals surface area contributed by atoms with Crippen molar-refractivity contribution in [1.29, 1.82) is 0 Å². The number of benzene rings is 1. The van der Waals surface area contributed by atoms with Crippen LogP contribution < -0.4 is 9.47 Å². The number of hydrogen-bond acceptors (Lipinski definition) is 6. The maximum Gasteiger partial charge on any atom is 0.231 e. The number of ether oxygens (including phenoxy) is 5. The summed E-state index contributed by atoms with van der Waals surface area (Å²) in [5, 5.41) is 0. The summed E-state index contributed by atoms with van der Waals surface area (Å²) in [6.45, 7) is 6.29. The van der Waals surface area contributed by atoms with Crippen molar-refractivity contribution in [2.75, 3.05) is 21.0 Å². The predicted octanol–water partition coefficient (Wildman–Crippen LogP) is 3.53. The van der Waals surface area contributed by atoms with Gasteiger partial charge in [0.1, 0.15) is 18.0 Å². The molecule has 2 heterocycles. The Kier molecular flexibility index (Phi) is 4.38. The molecule has 27 heavy (non-hydrogen) atoms. The number of hydrogen-bond donors (Lipinski definition) is 0. The highest BCUT2D eigenvalue weighted by molar-refractivity contribution is 5.99. The number of rotatable bonds is 5. The average Bonchev–Trinajstić information content (AvgIpc) is 3.25. The highest BCUT2D eigenvalue weighted by Gasteiger charge is 2.58. The zero-order valence-corrected chi connectivity index (χ0v) is 15.8. The molecule has 1 saturated heterocycles. The fourth-order valence-corrected chi connectivity index (χ4v) is 4.53. The molecule has 144 valence electrons. The van der Waals surface area contributed by atoms with Gasteiger partial charge in [-0.15, -0.1) is 6.58 Å². The van der Waals surface area contributed by atoms with Crippen molar-refractivity contribution >= 4 is 5.78 Å². The molecule has 0 N–H and O–H groups in total. The first-order valence-electron chi connectivity index (χ1n) is 9.08. The lowest BCUT2D eigenvalue weighted by Gasteiger charge is -2.38. The Morgan fingerprint density at radius 1 is 1.30 bits per heavy atom. The summed E-state index contributed by atoms with van der Waals surface area (Å²) in [6, 6.07) is 5.83. The van der Waals surface area contributed by atoms with Crippen molar-refractivity contribution < 1.29 is 28.5 Å². The average molecular weight is 372 g/mol. The summed E-state index contributed by atoms with van der Waals surface area (Å²) >= 11 is 0. The van der Waals surface area contributed by atoms with Crippen LogP contribution in [0.1, 0.15) is 31.4 Å². The van der Waals surface area contributed by atoms with Gasteiger partial charge in [-0.2, -0.15) is 0 Å². The molecular weight excluding hydrogens is 348 g/mol. The van der Waals surface area contributed by atoms with Crippen molar-refractivity contribution in [1.82, 2.24) is 0 Å². The van der Waals surface area contributed by atoms with Gasteiger partial charge in [-0.25, -0.2) is 0 Å². The fourth-order valence-electron chi connectivity index (χ4n) is 4.53. The SMILES string of the molecule is C=CC[C@]12C[C@@H](OC)C(=O)C(OC)=C1O[C@@H](c1ccc3c(c1)OCO3)[C@H]2C. The van der Waals surface area contributed by atoms with Crippen molar-refractivity contribution in [2.45, 2.75) is 32.0 Å². The third-order valence-corrected chi connectivity index (χ3v) is 6.02. The Balaban J connectivity index is 1.80. The van der Waals surface area contributed by atoms with E-state index in [1.807, 2.05) is 24.3 Å². The smallest absolute Gasteiger partial charge is 0.231 e. The second-order valence-corrected chi connectivity index (χ2v) is 7.24. The van der Waals surface area contributed by atoms with Crippen LogP contribution in [-0.4, -0.2) is 32.9 Å². The molecule has 0 aromatic heterocycles. The van der Waals surface area contributed by atoms with E-state index in [4.69, 9.17) is 23.7 Å². The van der Waals surface area contributed by atoms with Crippen LogP contribution in [-0.2, 0) is 19.0 Å². The number of carbonyl (C=O) groups is 1. The van der Waals surface area contributed by atoms with Crippen LogP contribution in [0.4, 0.5) is 0 Å². The summed E-state index contributed by atoms with van der Waals surface area (Å²) in [5.41, 5.74) is 0.580. The molecule has 0 saturated carbocycles. The zero-order valence-electron chi connectivity index (χ0n) is 15.8. The number of allylic oxidation sites excluding steroid dienone is 2. The molecule has 1 aromatic rings. The van der Waals surface area contributed by atoms with Gasteiger partial charge in [0.2, 0.25) is 18.3 Å². The van der Waals surface area contributed by atoms with Crippen LogP contribution in [0.3, 0.4) is 0 Å². The van der Waals surface area contributed by atoms with Gasteiger partial charge in [0.25, 0.3) is 0 Å². The monoisotopic (exact) mass is 372 g/mol. The minimum atomic E-state index is -0.551. The molecule has 0 amide bonds. The van der Waals surface area contributed by atoms with Crippen molar-refractivity contribution in [3.8, 4) is 11.5 Å². The molecule has 4 rings (SSSR count). The van der Waals surface area contributed by atoms with Crippen LogP contribution in [0.2, 0.25) is 0 Å². The van der Waals surface area contributed by atoms with Crippen molar-refractivity contribution in [3.63, 3.8) is 0 Å². The molecule has 3 aliphatic rings. The number of methoxy groups -OCH3 is 2. The van der Waals surface area contributed by atoms with E-state index in [2.05, 4.69) is 13.5 Å². The lowest BCUT2D eigenvalue weighted by molar-refractivity contribution is -0.132. The summed E-state index contributed by atoms with van der Waals surface area (Å²) < 4.78 is 28.2. The van der Waals surface area contributed by atoms with E-state index < -0.39 is 11.5 Å². The topological polar surface area (TPSA) is 63.2 Å². The van der Waals surface area contributed by atoms with Crippen LogP contribution in [0.5, 0.6) is 11.5 Å². The number of Topliss-reactive ketones (excluding diaryl/α,β-unsaturated/α-hetero) is 1. The van der Waals surface area contributed by atoms with E-state index in [9.17, 15) is 4.79 Å². The van der Waals surface area contributed by atoms with Gasteiger partial charge in [-0.05, 0) is 30.5 Å². The fraction of sp³-hybridized carbons (Fsp3) is 0.476. The van der Waals surface area contributed by atoms with Gasteiger partial charge in [0.05, 0.1) is 7.11 Å². The molecule has 0 spiro atoms. The lowest BCUT2D eigenvalue weighted by atomic mass is 9.65. The summed E-state index contributed by atoms with van der Waals surface area (Å²) in [7, 11) is 3.05. The first-order chi connectivity index (χ1) is 13.1. The van der Waals surface area contributed by atoms with E-state index >= 15 is 0 Å². The zero-order chi connectivity index (χ0) is 19.2. The van der Waals surface area contributed by atoms with Crippen molar-refractivity contribution in [3.05, 3.63) is 47.9 Å². The Hall–Kier alpha value is -2.47. The van der Waals surface area contributed by atoms with Gasteiger partial charge in [-0.1, -0.05) is 19.1 Å². The number of ketones is 1. The third-order valence-electron chi connectivity index (χ3n) is 6.02. The van der Waals surface area contributed by atoms with Gasteiger partial charge in [-0.3, -0.25) is 4.79 Å². The minimum absolute atomic E-state index is 0.0850. The Bertz CT molecular complexity index is 813. The highest BCUT2D eigenvalue weighted by atomic mass is 16.7. The Labute approximate surface area is 158 Å². The first kappa shape index (κ1) is 17.9. The van der Waals surface area contributed by atoms with Crippen LogP contribution in [0.25, 0.3) is 0 Å². The Morgan fingerprint density at radius 2 is 2.07 bits per heavy atom. The molecule has 0 unspecified atom stereocenters. The van der Waals surface area contributed by atoms with Gasteiger partial charge < -0.3 is 23.7 Å². The molecule has 4 atom stereocenters. The van der Waals surface area contributed by atoms with E-state index in [0.29, 0.717) is 24.4 Å². The largest absolute Gasteiger partial charge is 0.490 e. The molecule has 2 aliphatic heterocycles. The maximum absolute atomic E-state index is 12.7.